The minimum Gasteiger partial charge on any atom is -0.354 e. The number of aryl methyl sites for hydroxylation is 1. The lowest BCUT2D eigenvalue weighted by Crippen LogP contribution is -2.03. The molecule has 2 heterocycles. The molecule has 1 N–H and O–H groups in total. The summed E-state index contributed by atoms with van der Waals surface area (Å²) in [5.41, 5.74) is 10.2. The predicted octanol–water partition coefficient (Wildman–Crippen LogP) is 11.3. The molecule has 0 saturated heterocycles. The quantitative estimate of drug-likeness (QED) is 0.203. The molecule has 45 heavy (non-hydrogen) atoms. The minimum atomic E-state index is 0.370. The zero-order valence-corrected chi connectivity index (χ0v) is 24.9. The van der Waals surface area contributed by atoms with Crippen molar-refractivity contribution >= 4 is 54.4 Å². The topological polar surface area (TPSA) is 20.7 Å². The van der Waals surface area contributed by atoms with Crippen LogP contribution in [0.15, 0.2) is 158 Å². The molecule has 0 aliphatic heterocycles. The third-order valence-corrected chi connectivity index (χ3v) is 9.60. The van der Waals surface area contributed by atoms with Crippen LogP contribution < -0.4 is 0 Å². The van der Waals surface area contributed by atoms with Gasteiger partial charge in [0.15, 0.2) is 0 Å². The number of aromatic nitrogens is 2. The van der Waals surface area contributed by atoms with Crippen molar-refractivity contribution in [3.63, 3.8) is 0 Å². The first-order chi connectivity index (χ1) is 22.3. The van der Waals surface area contributed by atoms with E-state index in [-0.39, 0.29) is 0 Å². The van der Waals surface area contributed by atoms with Crippen LogP contribution in [0.4, 0.5) is 0 Å². The van der Waals surface area contributed by atoms with Crippen molar-refractivity contribution < 1.29 is 0 Å². The fourth-order valence-electron chi connectivity index (χ4n) is 7.55. The van der Waals surface area contributed by atoms with E-state index in [2.05, 4.69) is 167 Å². The van der Waals surface area contributed by atoms with Gasteiger partial charge in [0.1, 0.15) is 0 Å². The number of para-hydroxylation sites is 2. The van der Waals surface area contributed by atoms with Gasteiger partial charge in [0, 0.05) is 49.4 Å². The van der Waals surface area contributed by atoms with Gasteiger partial charge in [0.25, 0.3) is 0 Å². The molecule has 0 aliphatic rings. The maximum Gasteiger partial charge on any atom is 0.0627 e. The molecule has 0 fully saturated rings. The number of hydrogen-bond acceptors (Lipinski definition) is 0. The average Bonchev–Trinajstić information content (AvgIpc) is 3.66. The Hall–Kier alpha value is -5.60. The summed E-state index contributed by atoms with van der Waals surface area (Å²) in [7, 11) is 0. The van der Waals surface area contributed by atoms with Crippen LogP contribution in [0.1, 0.15) is 29.0 Å². The van der Waals surface area contributed by atoms with Gasteiger partial charge in [0.05, 0.1) is 16.6 Å². The highest BCUT2D eigenvalue weighted by molar-refractivity contribution is 6.36. The Labute approximate surface area is 262 Å². The molecule has 2 heteroatoms. The molecule has 7 aromatic carbocycles. The molecule has 0 bridgehead atoms. The maximum absolute atomic E-state index is 3.77. The Morgan fingerprint density at radius 1 is 0.489 bits per heavy atom. The molecule has 0 saturated carbocycles. The van der Waals surface area contributed by atoms with Crippen molar-refractivity contribution in [1.82, 2.24) is 9.55 Å². The van der Waals surface area contributed by atoms with Crippen molar-refractivity contribution in [2.75, 3.05) is 0 Å². The van der Waals surface area contributed by atoms with Gasteiger partial charge in [-0.1, -0.05) is 133 Å². The van der Waals surface area contributed by atoms with Crippen molar-refractivity contribution in [1.29, 1.82) is 0 Å². The summed E-state index contributed by atoms with van der Waals surface area (Å²) in [5.74, 6) is 0.370. The van der Waals surface area contributed by atoms with Crippen LogP contribution in [-0.2, 0) is 6.42 Å². The highest BCUT2D eigenvalue weighted by Gasteiger charge is 2.21. The first-order valence-electron chi connectivity index (χ1n) is 15.9. The Morgan fingerprint density at radius 3 is 1.78 bits per heavy atom. The molecule has 9 aromatic rings. The molecule has 2 aromatic heterocycles. The summed E-state index contributed by atoms with van der Waals surface area (Å²) in [6.45, 7) is 0. The second-order valence-electron chi connectivity index (χ2n) is 12.1. The van der Waals surface area contributed by atoms with Crippen LogP contribution >= 0.6 is 0 Å². The van der Waals surface area contributed by atoms with Gasteiger partial charge in [-0.05, 0) is 53.8 Å². The highest BCUT2D eigenvalue weighted by atomic mass is 15.0. The zero-order valence-electron chi connectivity index (χ0n) is 24.9. The van der Waals surface area contributed by atoms with Crippen LogP contribution in [0.5, 0.6) is 0 Å². The first kappa shape index (κ1) is 25.9. The van der Waals surface area contributed by atoms with Gasteiger partial charge in [-0.25, -0.2) is 0 Å². The largest absolute Gasteiger partial charge is 0.354 e. The smallest absolute Gasteiger partial charge is 0.0627 e. The van der Waals surface area contributed by atoms with E-state index in [0.717, 1.165) is 12.8 Å². The zero-order chi connectivity index (χ0) is 29.7. The van der Waals surface area contributed by atoms with Gasteiger partial charge in [-0.15, -0.1) is 0 Å². The summed E-state index contributed by atoms with van der Waals surface area (Å²) >= 11 is 0. The third kappa shape index (κ3) is 4.17. The molecule has 0 unspecified atom stereocenters. The summed E-state index contributed by atoms with van der Waals surface area (Å²) in [4.78, 5) is 3.77. The number of nitrogens with one attached hydrogen (secondary N) is 1. The van der Waals surface area contributed by atoms with Crippen LogP contribution in [0.3, 0.4) is 0 Å². The Kier molecular flexibility index (Phi) is 6.05. The number of aromatic amines is 1. The average molecular weight is 577 g/mol. The number of rotatable bonds is 6. The molecule has 0 atom stereocenters. The molecule has 214 valence electrons. The molecule has 0 aliphatic carbocycles. The van der Waals surface area contributed by atoms with E-state index in [1.807, 2.05) is 0 Å². The van der Waals surface area contributed by atoms with E-state index < -0.39 is 0 Å². The Morgan fingerprint density at radius 2 is 1.07 bits per heavy atom. The number of H-pyrrole nitrogens is 1. The Balaban J connectivity index is 1.19. The minimum absolute atomic E-state index is 0.370. The molecular formula is C43H32N2. The fraction of sp³-hybridized carbons (Fsp3) is 0.0698. The molecular weight excluding hydrogens is 544 g/mol. The summed E-state index contributed by atoms with van der Waals surface area (Å²) < 4.78 is 2.48. The van der Waals surface area contributed by atoms with Crippen LogP contribution in [0, 0.1) is 0 Å². The lowest BCUT2D eigenvalue weighted by molar-refractivity contribution is 0.715. The van der Waals surface area contributed by atoms with Crippen LogP contribution in [0.25, 0.3) is 60.1 Å². The number of hydrogen-bond donors (Lipinski definition) is 1. The normalized spacial score (nSPS) is 11.9. The van der Waals surface area contributed by atoms with Crippen molar-refractivity contribution in [2.45, 2.75) is 18.8 Å². The first-order valence-corrected chi connectivity index (χ1v) is 15.9. The van der Waals surface area contributed by atoms with Gasteiger partial charge in [0.2, 0.25) is 0 Å². The van der Waals surface area contributed by atoms with Crippen LogP contribution in [-0.4, -0.2) is 9.55 Å². The lowest BCUT2D eigenvalue weighted by atomic mass is 9.86. The second-order valence-corrected chi connectivity index (χ2v) is 12.1. The Bertz CT molecular complexity index is 2430. The van der Waals surface area contributed by atoms with Gasteiger partial charge in [-0.2, -0.15) is 0 Å². The van der Waals surface area contributed by atoms with Crippen molar-refractivity contribution in [3.8, 4) is 5.69 Å². The third-order valence-electron chi connectivity index (χ3n) is 9.60. The van der Waals surface area contributed by atoms with E-state index in [9.17, 15) is 0 Å². The second kappa shape index (κ2) is 10.5. The van der Waals surface area contributed by atoms with Gasteiger partial charge < -0.3 is 9.55 Å². The summed E-state index contributed by atoms with van der Waals surface area (Å²) in [6, 6.07) is 57.6. The summed E-state index contributed by atoms with van der Waals surface area (Å²) in [6.07, 6.45) is 2.08. The SMILES string of the molecule is c1ccc(C(CCc2ccc(-n3c4ccccc4c4c5c6ccccc6[nH]c5c5ccccc5c43)cc2)c2ccccc2)cc1. The van der Waals surface area contributed by atoms with Crippen molar-refractivity contribution in [3.05, 3.63) is 174 Å². The predicted molar refractivity (Wildman–Crippen MR) is 191 cm³/mol. The molecule has 0 radical (unpaired) electrons. The fourth-order valence-corrected chi connectivity index (χ4v) is 7.55. The van der Waals surface area contributed by atoms with E-state index in [1.54, 1.807) is 0 Å². The standard InChI is InChI=1S/C43H32N2/c1-3-13-30(14-4-1)33(31-15-5-2-6-16-31)28-25-29-23-26-32(27-24-29)45-39-22-12-10-20-37(39)41-40-36-19-9-11-21-38(36)44-42(40)34-17-7-8-18-35(34)43(41)45/h1-24,26-27,33,44H,25,28H2. The van der Waals surface area contributed by atoms with E-state index in [4.69, 9.17) is 0 Å². The molecule has 0 spiro atoms. The molecule has 9 rings (SSSR count). The highest BCUT2D eigenvalue weighted by Crippen LogP contribution is 2.44. The van der Waals surface area contributed by atoms with Gasteiger partial charge >= 0.3 is 0 Å². The monoisotopic (exact) mass is 576 g/mol. The number of nitrogens with zero attached hydrogens (tertiary/aromatic N) is 1. The number of benzene rings is 7. The van der Waals surface area contributed by atoms with E-state index in [0.29, 0.717) is 5.92 Å². The molecule has 0 amide bonds. The molecule has 2 nitrogen and oxygen atoms in total. The lowest BCUT2D eigenvalue weighted by Gasteiger charge is -2.18. The maximum atomic E-state index is 3.77. The van der Waals surface area contributed by atoms with Crippen LogP contribution in [0.2, 0.25) is 0 Å². The van der Waals surface area contributed by atoms with Gasteiger partial charge in [-0.3, -0.25) is 0 Å². The summed E-state index contributed by atoms with van der Waals surface area (Å²) in [5, 5.41) is 7.69. The van der Waals surface area contributed by atoms with E-state index >= 15 is 0 Å². The van der Waals surface area contributed by atoms with E-state index in [1.165, 1.54) is 76.8 Å². The van der Waals surface area contributed by atoms with Crippen molar-refractivity contribution in [2.24, 2.45) is 0 Å². The number of fused-ring (bicyclic) bond motifs is 10.